The first-order valence-electron chi connectivity index (χ1n) is 6.85. The van der Waals surface area contributed by atoms with Crippen LogP contribution in [0.5, 0.6) is 0 Å². The van der Waals surface area contributed by atoms with Crippen molar-refractivity contribution in [2.24, 2.45) is 0 Å². The minimum absolute atomic E-state index is 0. The van der Waals surface area contributed by atoms with Crippen molar-refractivity contribution >= 4 is 21.5 Å². The summed E-state index contributed by atoms with van der Waals surface area (Å²) in [7, 11) is 0. The number of benzene rings is 2. The molecule has 0 aromatic heterocycles. The molecule has 0 heterocycles. The molecule has 0 saturated heterocycles. The molecule has 0 saturated carbocycles. The molecule has 0 fully saturated rings. The molecule has 4 aromatic rings. The third-order valence-electron chi connectivity index (χ3n) is 3.10. The Morgan fingerprint density at radius 3 is 1.30 bits per heavy atom. The van der Waals surface area contributed by atoms with Crippen LogP contribution in [0.1, 0.15) is 6.92 Å². The van der Waals surface area contributed by atoms with Gasteiger partial charge in [-0.3, -0.25) is 0 Å². The standard InChI is InChI=1S/2C9H7.C2H5.2ClH.Hf/c2*1-2-5-9-7-3-6-8(9)4-1;1-2;;;/h2*1-7H;1H2,2H3;2*1H;/q3*-1;;;/p-2. The van der Waals surface area contributed by atoms with Gasteiger partial charge in [-0.1, -0.05) is 12.1 Å². The van der Waals surface area contributed by atoms with E-state index in [4.69, 9.17) is 0 Å². The number of rotatable bonds is 0. The second kappa shape index (κ2) is 13.5. The molecule has 0 aliphatic rings. The summed E-state index contributed by atoms with van der Waals surface area (Å²) in [4.78, 5) is 0. The number of hydrogen-bond acceptors (Lipinski definition) is 0. The van der Waals surface area contributed by atoms with Crippen LogP contribution in [0.25, 0.3) is 21.5 Å². The molecule has 0 aliphatic heterocycles. The topological polar surface area (TPSA) is 0 Å². The van der Waals surface area contributed by atoms with E-state index in [9.17, 15) is 0 Å². The maximum atomic E-state index is 3.25. The molecule has 0 nitrogen and oxygen atoms in total. The van der Waals surface area contributed by atoms with E-state index in [0.29, 0.717) is 0 Å². The van der Waals surface area contributed by atoms with Crippen molar-refractivity contribution in [2.45, 2.75) is 6.92 Å². The second-order valence-corrected chi connectivity index (χ2v) is 4.31. The number of halogens is 2. The average Bonchev–Trinajstić information content (AvgIpc) is 3.18. The van der Waals surface area contributed by atoms with Crippen molar-refractivity contribution in [2.75, 3.05) is 0 Å². The van der Waals surface area contributed by atoms with E-state index >= 15 is 0 Å². The number of hydrogen-bond donors (Lipinski definition) is 0. The maximum Gasteiger partial charge on any atom is 0 e. The van der Waals surface area contributed by atoms with E-state index in [-0.39, 0.29) is 50.7 Å². The van der Waals surface area contributed by atoms with E-state index in [1.54, 1.807) is 6.92 Å². The maximum absolute atomic E-state index is 3.25. The fraction of sp³-hybridized carbons (Fsp3) is 0.0500. The van der Waals surface area contributed by atoms with Gasteiger partial charge in [-0.15, -0.1) is 59.3 Å². The summed E-state index contributed by atoms with van der Waals surface area (Å²) in [5.41, 5.74) is 0. The van der Waals surface area contributed by atoms with Gasteiger partial charge in [-0.05, 0) is 0 Å². The van der Waals surface area contributed by atoms with Crippen molar-refractivity contribution in [1.82, 2.24) is 0 Å². The van der Waals surface area contributed by atoms with E-state index in [1.807, 2.05) is 0 Å². The van der Waals surface area contributed by atoms with Gasteiger partial charge < -0.3 is 31.7 Å². The van der Waals surface area contributed by atoms with Crippen molar-refractivity contribution in [1.29, 1.82) is 0 Å². The summed E-state index contributed by atoms with van der Waals surface area (Å²) in [6, 6.07) is 29.3. The zero-order valence-corrected chi connectivity index (χ0v) is 18.2. The SMILES string of the molecule is [CH2-]C.[Cl-].[Cl-].[Hf].c1ccc2[cH-]ccc2c1.c1ccc2[cH-]ccc2c1. The normalized spacial score (nSPS) is 8.26. The van der Waals surface area contributed by atoms with E-state index < -0.39 is 0 Å². The Morgan fingerprint density at radius 2 is 0.957 bits per heavy atom. The van der Waals surface area contributed by atoms with Crippen LogP contribution in [0.15, 0.2) is 84.9 Å². The molecule has 4 rings (SSSR count). The Balaban J connectivity index is 0. The summed E-state index contributed by atoms with van der Waals surface area (Å²) >= 11 is 0. The minimum Gasteiger partial charge on any atom is -1.00 e. The summed E-state index contributed by atoms with van der Waals surface area (Å²) in [5.74, 6) is 0. The Morgan fingerprint density at radius 1 is 0.609 bits per heavy atom. The molecule has 122 valence electrons. The Hall–Kier alpha value is -0.890. The summed E-state index contributed by atoms with van der Waals surface area (Å²) in [6.07, 6.45) is 0. The Bertz CT molecular complexity index is 630. The first kappa shape index (κ1) is 24.4. The van der Waals surface area contributed by atoms with E-state index in [0.717, 1.165) is 0 Å². The predicted molar refractivity (Wildman–Crippen MR) is 90.1 cm³/mol. The zero-order valence-electron chi connectivity index (χ0n) is 13.0. The molecule has 0 amide bonds. The zero-order chi connectivity index (χ0) is 14.2. The van der Waals surface area contributed by atoms with Crippen molar-refractivity contribution in [3.63, 3.8) is 0 Å². The van der Waals surface area contributed by atoms with Crippen molar-refractivity contribution in [3.8, 4) is 0 Å². The molecular weight excluding hydrogens is 490 g/mol. The van der Waals surface area contributed by atoms with Gasteiger partial charge in [0, 0.05) is 25.8 Å². The van der Waals surface area contributed by atoms with Gasteiger partial charge in [0.25, 0.3) is 0 Å². The van der Waals surface area contributed by atoms with Crippen molar-refractivity contribution < 1.29 is 50.7 Å². The summed E-state index contributed by atoms with van der Waals surface area (Å²) < 4.78 is 0. The second-order valence-electron chi connectivity index (χ2n) is 4.31. The Labute approximate surface area is 170 Å². The van der Waals surface area contributed by atoms with Crippen LogP contribution in [-0.4, -0.2) is 0 Å². The fourth-order valence-electron chi connectivity index (χ4n) is 2.14. The van der Waals surface area contributed by atoms with Gasteiger partial charge in [0.05, 0.1) is 0 Å². The molecule has 0 spiro atoms. The summed E-state index contributed by atoms with van der Waals surface area (Å²) in [5, 5.41) is 5.32. The predicted octanol–water partition coefficient (Wildman–Crippen LogP) is -0.0367. The molecule has 0 N–H and O–H groups in total. The largest absolute Gasteiger partial charge is 1.00 e. The average molecular weight is 509 g/mol. The van der Waals surface area contributed by atoms with Gasteiger partial charge in [-0.2, -0.15) is 42.0 Å². The van der Waals surface area contributed by atoms with Gasteiger partial charge in [0.1, 0.15) is 0 Å². The smallest absolute Gasteiger partial charge is 0 e. The van der Waals surface area contributed by atoms with Crippen LogP contribution in [0.4, 0.5) is 0 Å². The van der Waals surface area contributed by atoms with Gasteiger partial charge >= 0.3 is 0 Å². The van der Waals surface area contributed by atoms with Crippen molar-refractivity contribution in [3.05, 3.63) is 91.9 Å². The third-order valence-corrected chi connectivity index (χ3v) is 3.10. The molecular formula is C20H19Cl2Hf-5. The quantitative estimate of drug-likeness (QED) is 0.231. The molecule has 0 unspecified atom stereocenters. The minimum atomic E-state index is 0. The van der Waals surface area contributed by atoms with Crippen LogP contribution < -0.4 is 24.8 Å². The molecule has 0 atom stereocenters. The first-order valence-corrected chi connectivity index (χ1v) is 6.85. The van der Waals surface area contributed by atoms with E-state index in [1.165, 1.54) is 21.5 Å². The Kier molecular flexibility index (Phi) is 14.3. The van der Waals surface area contributed by atoms with Crippen LogP contribution in [-0.2, 0) is 25.8 Å². The van der Waals surface area contributed by atoms with Crippen LogP contribution in [0, 0.1) is 6.92 Å². The molecule has 4 aromatic carbocycles. The number of fused-ring (bicyclic) bond motifs is 2. The summed E-state index contributed by atoms with van der Waals surface area (Å²) in [6.45, 7) is 5.00. The van der Waals surface area contributed by atoms with Gasteiger partial charge in [0.15, 0.2) is 0 Å². The molecule has 23 heavy (non-hydrogen) atoms. The fourth-order valence-corrected chi connectivity index (χ4v) is 2.14. The van der Waals surface area contributed by atoms with E-state index in [2.05, 4.69) is 91.9 Å². The monoisotopic (exact) mass is 509 g/mol. The molecule has 0 radical (unpaired) electrons. The van der Waals surface area contributed by atoms with Gasteiger partial charge in [0.2, 0.25) is 0 Å². The molecule has 3 heteroatoms. The first-order chi connectivity index (χ1) is 9.93. The molecule has 0 bridgehead atoms. The van der Waals surface area contributed by atoms with Gasteiger partial charge in [-0.25, -0.2) is 0 Å². The van der Waals surface area contributed by atoms with Crippen LogP contribution in [0.3, 0.4) is 0 Å². The van der Waals surface area contributed by atoms with Crippen LogP contribution in [0.2, 0.25) is 0 Å². The third kappa shape index (κ3) is 7.03. The molecule has 0 aliphatic carbocycles. The van der Waals surface area contributed by atoms with Crippen LogP contribution >= 0.6 is 0 Å².